The van der Waals surface area contributed by atoms with E-state index in [1.165, 1.54) is 27.6 Å². The maximum atomic E-state index is 9.00. The van der Waals surface area contributed by atoms with Crippen LogP contribution in [0.15, 0.2) is 91.5 Å². The monoisotopic (exact) mass is 402 g/mol. The molecule has 0 radical (unpaired) electrons. The molecule has 31 heavy (non-hydrogen) atoms. The summed E-state index contributed by atoms with van der Waals surface area (Å²) in [4.78, 5) is 4.39. The van der Waals surface area contributed by atoms with Crippen molar-refractivity contribution in [2.45, 2.75) is 20.0 Å². The number of nitriles is 1. The third-order valence-corrected chi connectivity index (χ3v) is 5.82. The second-order valence-corrected chi connectivity index (χ2v) is 7.82. The first kappa shape index (κ1) is 18.9. The van der Waals surface area contributed by atoms with E-state index in [1.807, 2.05) is 36.8 Å². The van der Waals surface area contributed by atoms with Crippen LogP contribution in [0.25, 0.3) is 22.0 Å². The lowest BCUT2D eigenvalue weighted by molar-refractivity contribution is 0.698. The van der Waals surface area contributed by atoms with Gasteiger partial charge in [-0.05, 0) is 53.4 Å². The number of rotatable bonds is 5. The van der Waals surface area contributed by atoms with Crippen LogP contribution in [0.1, 0.15) is 22.4 Å². The van der Waals surface area contributed by atoms with Crippen LogP contribution in [0.2, 0.25) is 0 Å². The molecule has 3 aromatic carbocycles. The molecular formula is C27H22N4. The number of aromatic nitrogens is 3. The Labute approximate surface area is 181 Å². The molecule has 0 aliphatic heterocycles. The standard InChI is InChI=1S/C27H22N4/c1-20-5-2-3-6-24(20)25-7-4-8-27-26(25)13-14-30(27)18-23-16-29-19-31(23)17-22-11-9-21(15-28)10-12-22/h2-14,16,19H,17-18H2,1H3. The molecule has 0 aliphatic carbocycles. The number of hydrogen-bond donors (Lipinski definition) is 0. The molecule has 0 fully saturated rings. The van der Waals surface area contributed by atoms with E-state index in [0.29, 0.717) is 5.56 Å². The Morgan fingerprint density at radius 3 is 2.45 bits per heavy atom. The summed E-state index contributed by atoms with van der Waals surface area (Å²) < 4.78 is 4.45. The van der Waals surface area contributed by atoms with Crippen molar-refractivity contribution in [3.8, 4) is 17.2 Å². The van der Waals surface area contributed by atoms with Crippen molar-refractivity contribution in [2.75, 3.05) is 0 Å². The van der Waals surface area contributed by atoms with Gasteiger partial charge in [0.2, 0.25) is 0 Å². The van der Waals surface area contributed by atoms with Crippen molar-refractivity contribution in [2.24, 2.45) is 0 Å². The molecule has 0 saturated heterocycles. The summed E-state index contributed by atoms with van der Waals surface area (Å²) in [6, 6.07) is 27.1. The molecule has 5 aromatic rings. The maximum absolute atomic E-state index is 9.00. The Balaban J connectivity index is 1.46. The maximum Gasteiger partial charge on any atom is 0.0991 e. The Morgan fingerprint density at radius 1 is 0.839 bits per heavy atom. The number of fused-ring (bicyclic) bond motifs is 1. The van der Waals surface area contributed by atoms with E-state index < -0.39 is 0 Å². The van der Waals surface area contributed by atoms with Crippen molar-refractivity contribution in [3.63, 3.8) is 0 Å². The summed E-state index contributed by atoms with van der Waals surface area (Å²) in [5.41, 5.74) is 8.01. The summed E-state index contributed by atoms with van der Waals surface area (Å²) >= 11 is 0. The van der Waals surface area contributed by atoms with Gasteiger partial charge in [-0.3, -0.25) is 0 Å². The van der Waals surface area contributed by atoms with E-state index in [4.69, 9.17) is 5.26 Å². The van der Waals surface area contributed by atoms with Crippen LogP contribution in [-0.4, -0.2) is 14.1 Å². The average molecular weight is 403 g/mol. The van der Waals surface area contributed by atoms with Gasteiger partial charge in [0.15, 0.2) is 0 Å². The van der Waals surface area contributed by atoms with Gasteiger partial charge in [0.05, 0.1) is 30.2 Å². The summed E-state index contributed by atoms with van der Waals surface area (Å²) in [6.45, 7) is 3.64. The van der Waals surface area contributed by atoms with Crippen LogP contribution in [0.4, 0.5) is 0 Å². The van der Waals surface area contributed by atoms with E-state index in [-0.39, 0.29) is 0 Å². The molecule has 0 saturated carbocycles. The Kier molecular flexibility index (Phi) is 4.86. The number of hydrogen-bond acceptors (Lipinski definition) is 2. The zero-order valence-corrected chi connectivity index (χ0v) is 17.4. The van der Waals surface area contributed by atoms with Crippen molar-refractivity contribution < 1.29 is 0 Å². The molecule has 0 bridgehead atoms. The smallest absolute Gasteiger partial charge is 0.0991 e. The largest absolute Gasteiger partial charge is 0.341 e. The molecule has 2 heterocycles. The van der Waals surface area contributed by atoms with E-state index in [2.05, 4.69) is 81.8 Å². The van der Waals surface area contributed by atoms with Gasteiger partial charge in [-0.1, -0.05) is 48.5 Å². The van der Waals surface area contributed by atoms with Crippen LogP contribution < -0.4 is 0 Å². The number of imidazole rings is 1. The summed E-state index contributed by atoms with van der Waals surface area (Å²) in [5.74, 6) is 0. The molecule has 5 rings (SSSR count). The van der Waals surface area contributed by atoms with Crippen LogP contribution in [0.3, 0.4) is 0 Å². The Hall–Kier alpha value is -4.10. The normalized spacial score (nSPS) is 11.0. The molecule has 4 nitrogen and oxygen atoms in total. The third kappa shape index (κ3) is 3.62. The van der Waals surface area contributed by atoms with Crippen LogP contribution >= 0.6 is 0 Å². The third-order valence-electron chi connectivity index (χ3n) is 5.82. The first-order valence-corrected chi connectivity index (χ1v) is 10.3. The molecule has 0 spiro atoms. The first-order valence-electron chi connectivity index (χ1n) is 10.3. The van der Waals surface area contributed by atoms with Gasteiger partial charge in [-0.25, -0.2) is 4.98 Å². The minimum atomic E-state index is 0.679. The molecule has 0 unspecified atom stereocenters. The van der Waals surface area contributed by atoms with Crippen LogP contribution in [0, 0.1) is 18.3 Å². The fraction of sp³-hybridized carbons (Fsp3) is 0.111. The Morgan fingerprint density at radius 2 is 1.65 bits per heavy atom. The average Bonchev–Trinajstić information content (AvgIpc) is 3.42. The molecule has 0 aliphatic rings. The van der Waals surface area contributed by atoms with Gasteiger partial charge in [0.25, 0.3) is 0 Å². The quantitative estimate of drug-likeness (QED) is 0.374. The molecule has 0 N–H and O–H groups in total. The molecule has 0 atom stereocenters. The van der Waals surface area contributed by atoms with Gasteiger partial charge in [0, 0.05) is 29.8 Å². The van der Waals surface area contributed by atoms with Crippen LogP contribution in [0.5, 0.6) is 0 Å². The van der Waals surface area contributed by atoms with Crippen molar-refractivity contribution >= 4 is 10.9 Å². The van der Waals surface area contributed by atoms with Crippen LogP contribution in [-0.2, 0) is 13.1 Å². The number of benzene rings is 3. The van der Waals surface area contributed by atoms with E-state index >= 15 is 0 Å². The predicted octanol–water partition coefficient (Wildman–Crippen LogP) is 5.78. The highest BCUT2D eigenvalue weighted by Crippen LogP contribution is 2.31. The second kappa shape index (κ2) is 7.97. The topological polar surface area (TPSA) is 46.5 Å². The number of nitrogens with zero attached hydrogens (tertiary/aromatic N) is 4. The van der Waals surface area contributed by atoms with Gasteiger partial charge in [0.1, 0.15) is 0 Å². The highest BCUT2D eigenvalue weighted by molar-refractivity contribution is 5.96. The van der Waals surface area contributed by atoms with Crippen molar-refractivity contribution in [1.29, 1.82) is 5.26 Å². The lowest BCUT2D eigenvalue weighted by atomic mass is 9.98. The zero-order chi connectivity index (χ0) is 21.2. The van der Waals surface area contributed by atoms with Gasteiger partial charge in [-0.2, -0.15) is 5.26 Å². The van der Waals surface area contributed by atoms with Crippen molar-refractivity contribution in [1.82, 2.24) is 14.1 Å². The lowest BCUT2D eigenvalue weighted by Gasteiger charge is -2.12. The predicted molar refractivity (Wildman–Crippen MR) is 124 cm³/mol. The summed E-state index contributed by atoms with van der Waals surface area (Å²) in [5, 5.41) is 10.3. The summed E-state index contributed by atoms with van der Waals surface area (Å²) in [7, 11) is 0. The van der Waals surface area contributed by atoms with E-state index in [9.17, 15) is 0 Å². The van der Waals surface area contributed by atoms with Gasteiger partial charge < -0.3 is 9.13 Å². The van der Waals surface area contributed by atoms with Crippen molar-refractivity contribution in [3.05, 3.63) is 114 Å². The molecule has 0 amide bonds. The van der Waals surface area contributed by atoms with Gasteiger partial charge in [-0.15, -0.1) is 0 Å². The van der Waals surface area contributed by atoms with E-state index in [1.54, 1.807) is 0 Å². The SMILES string of the molecule is Cc1ccccc1-c1cccc2c1ccn2Cc1cncn1Cc1ccc(C#N)cc1. The minimum Gasteiger partial charge on any atom is -0.341 e. The summed E-state index contributed by atoms with van der Waals surface area (Å²) in [6.07, 6.45) is 5.96. The molecular weight excluding hydrogens is 380 g/mol. The fourth-order valence-corrected chi connectivity index (χ4v) is 4.15. The lowest BCUT2D eigenvalue weighted by Crippen LogP contribution is -2.07. The van der Waals surface area contributed by atoms with Gasteiger partial charge >= 0.3 is 0 Å². The highest BCUT2D eigenvalue weighted by Gasteiger charge is 2.11. The number of aryl methyl sites for hydroxylation is 1. The molecule has 2 aromatic heterocycles. The fourth-order valence-electron chi connectivity index (χ4n) is 4.15. The minimum absolute atomic E-state index is 0.679. The second-order valence-electron chi connectivity index (χ2n) is 7.82. The molecule has 4 heteroatoms. The molecule has 150 valence electrons. The Bertz CT molecular complexity index is 1400. The van der Waals surface area contributed by atoms with E-state index in [0.717, 1.165) is 24.3 Å². The first-order chi connectivity index (χ1) is 15.2. The zero-order valence-electron chi connectivity index (χ0n) is 17.4. The highest BCUT2D eigenvalue weighted by atomic mass is 15.1.